The van der Waals surface area contributed by atoms with E-state index in [9.17, 15) is 4.79 Å². The molecule has 18 heavy (non-hydrogen) atoms. The topological polar surface area (TPSA) is 59.6 Å². The van der Waals surface area contributed by atoms with Crippen LogP contribution < -0.4 is 15.4 Å². The molecule has 0 spiro atoms. The van der Waals surface area contributed by atoms with E-state index in [0.29, 0.717) is 19.8 Å². The quantitative estimate of drug-likeness (QED) is 0.859. The van der Waals surface area contributed by atoms with Gasteiger partial charge in [0.15, 0.2) is 0 Å². The van der Waals surface area contributed by atoms with Gasteiger partial charge in [0, 0.05) is 18.4 Å². The first-order valence-corrected chi connectivity index (χ1v) is 6.16. The smallest absolute Gasteiger partial charge is 0.319 e. The van der Waals surface area contributed by atoms with Crippen LogP contribution in [0.15, 0.2) is 24.3 Å². The summed E-state index contributed by atoms with van der Waals surface area (Å²) < 4.78 is 10.6. The van der Waals surface area contributed by atoms with Gasteiger partial charge in [-0.1, -0.05) is 6.07 Å². The number of amides is 2. The van der Waals surface area contributed by atoms with Crippen LogP contribution in [0.2, 0.25) is 0 Å². The normalized spacial score (nSPS) is 18.4. The third kappa shape index (κ3) is 3.63. The Morgan fingerprint density at radius 1 is 1.56 bits per heavy atom. The Bertz CT molecular complexity index is 403. The van der Waals surface area contributed by atoms with Crippen LogP contribution >= 0.6 is 0 Å². The Balaban J connectivity index is 1.87. The molecule has 2 rings (SSSR count). The number of anilines is 1. The molecule has 2 N–H and O–H groups in total. The standard InChI is InChI=1S/C13H18N2O3/c1-2-18-12-5-3-4-10(8-12)14-13(16)15-11-6-7-17-9-11/h3-5,8,11H,2,6-7,9H2,1H3,(H2,14,15,16). The number of ether oxygens (including phenoxy) is 2. The van der Waals surface area contributed by atoms with E-state index in [-0.39, 0.29) is 12.1 Å². The lowest BCUT2D eigenvalue weighted by atomic mass is 10.2. The summed E-state index contributed by atoms with van der Waals surface area (Å²) in [6, 6.07) is 7.23. The van der Waals surface area contributed by atoms with Gasteiger partial charge >= 0.3 is 6.03 Å². The molecule has 1 fully saturated rings. The maximum Gasteiger partial charge on any atom is 0.319 e. The molecular weight excluding hydrogens is 232 g/mol. The van der Waals surface area contributed by atoms with Gasteiger partial charge in [0.05, 0.1) is 19.3 Å². The monoisotopic (exact) mass is 250 g/mol. The molecule has 1 aliphatic heterocycles. The fraction of sp³-hybridized carbons (Fsp3) is 0.462. The number of benzene rings is 1. The van der Waals surface area contributed by atoms with Crippen LogP contribution in [0, 0.1) is 0 Å². The lowest BCUT2D eigenvalue weighted by molar-refractivity contribution is 0.189. The molecule has 0 aliphatic carbocycles. The van der Waals surface area contributed by atoms with Gasteiger partial charge in [-0.15, -0.1) is 0 Å². The Hall–Kier alpha value is -1.75. The Morgan fingerprint density at radius 3 is 3.17 bits per heavy atom. The van der Waals surface area contributed by atoms with Gasteiger partial charge in [0.1, 0.15) is 5.75 Å². The highest BCUT2D eigenvalue weighted by Gasteiger charge is 2.17. The third-order valence-corrected chi connectivity index (χ3v) is 2.67. The number of urea groups is 1. The van der Waals surface area contributed by atoms with Crippen LogP contribution in [-0.4, -0.2) is 31.9 Å². The van der Waals surface area contributed by atoms with Gasteiger partial charge < -0.3 is 20.1 Å². The van der Waals surface area contributed by atoms with E-state index < -0.39 is 0 Å². The number of carbonyl (C=O) groups excluding carboxylic acids is 1. The minimum absolute atomic E-state index is 0.111. The highest BCUT2D eigenvalue weighted by Crippen LogP contribution is 2.17. The van der Waals surface area contributed by atoms with Crippen molar-refractivity contribution in [2.24, 2.45) is 0 Å². The van der Waals surface area contributed by atoms with E-state index in [1.807, 2.05) is 25.1 Å². The van der Waals surface area contributed by atoms with Crippen LogP contribution in [0.5, 0.6) is 5.75 Å². The lowest BCUT2D eigenvalue weighted by Crippen LogP contribution is -2.38. The molecule has 1 aromatic rings. The van der Waals surface area contributed by atoms with E-state index in [1.54, 1.807) is 6.07 Å². The second-order valence-corrected chi connectivity index (χ2v) is 4.12. The number of hydrogen-bond donors (Lipinski definition) is 2. The van der Waals surface area contributed by atoms with Crippen molar-refractivity contribution < 1.29 is 14.3 Å². The van der Waals surface area contributed by atoms with E-state index in [1.165, 1.54) is 0 Å². The molecule has 0 aromatic heterocycles. The summed E-state index contributed by atoms with van der Waals surface area (Å²) >= 11 is 0. The number of carbonyl (C=O) groups is 1. The summed E-state index contributed by atoms with van der Waals surface area (Å²) in [5, 5.41) is 5.64. The summed E-state index contributed by atoms with van der Waals surface area (Å²) in [5.41, 5.74) is 0.720. The molecule has 1 heterocycles. The van der Waals surface area contributed by atoms with Crippen molar-refractivity contribution in [3.63, 3.8) is 0 Å². The Morgan fingerprint density at radius 2 is 2.44 bits per heavy atom. The summed E-state index contributed by atoms with van der Waals surface area (Å²) in [7, 11) is 0. The highest BCUT2D eigenvalue weighted by atomic mass is 16.5. The van der Waals surface area contributed by atoms with Gasteiger partial charge in [-0.25, -0.2) is 4.79 Å². The molecule has 0 radical (unpaired) electrons. The molecular formula is C13H18N2O3. The van der Waals surface area contributed by atoms with Crippen molar-refractivity contribution >= 4 is 11.7 Å². The van der Waals surface area contributed by atoms with E-state index >= 15 is 0 Å². The first-order chi connectivity index (χ1) is 8.78. The number of hydrogen-bond acceptors (Lipinski definition) is 3. The van der Waals surface area contributed by atoms with Crippen LogP contribution in [0.25, 0.3) is 0 Å². The third-order valence-electron chi connectivity index (χ3n) is 2.67. The van der Waals surface area contributed by atoms with Crippen molar-refractivity contribution in [1.29, 1.82) is 0 Å². The maximum atomic E-state index is 11.7. The average molecular weight is 250 g/mol. The fourth-order valence-electron chi connectivity index (χ4n) is 1.83. The van der Waals surface area contributed by atoms with E-state index in [4.69, 9.17) is 9.47 Å². The van der Waals surface area contributed by atoms with Crippen LogP contribution in [0.1, 0.15) is 13.3 Å². The molecule has 1 aliphatic rings. The van der Waals surface area contributed by atoms with Gasteiger partial charge in [-0.3, -0.25) is 0 Å². The van der Waals surface area contributed by atoms with E-state index in [0.717, 1.165) is 17.9 Å². The van der Waals surface area contributed by atoms with Crippen LogP contribution in [0.4, 0.5) is 10.5 Å². The van der Waals surface area contributed by atoms with Gasteiger partial charge in [0.2, 0.25) is 0 Å². The zero-order valence-electron chi connectivity index (χ0n) is 10.4. The van der Waals surface area contributed by atoms with Crippen molar-refractivity contribution in [2.75, 3.05) is 25.1 Å². The van der Waals surface area contributed by atoms with Crippen LogP contribution in [-0.2, 0) is 4.74 Å². The molecule has 1 saturated heterocycles. The number of rotatable bonds is 4. The molecule has 2 amide bonds. The fourth-order valence-corrected chi connectivity index (χ4v) is 1.83. The summed E-state index contributed by atoms with van der Waals surface area (Å²) in [6.07, 6.45) is 0.867. The summed E-state index contributed by atoms with van der Waals surface area (Å²) in [4.78, 5) is 11.7. The minimum atomic E-state index is -0.209. The van der Waals surface area contributed by atoms with Gasteiger partial charge in [-0.05, 0) is 25.5 Å². The maximum absolute atomic E-state index is 11.7. The predicted molar refractivity (Wildman–Crippen MR) is 69.0 cm³/mol. The zero-order valence-corrected chi connectivity index (χ0v) is 10.4. The van der Waals surface area contributed by atoms with Gasteiger partial charge in [-0.2, -0.15) is 0 Å². The number of nitrogens with one attached hydrogen (secondary N) is 2. The van der Waals surface area contributed by atoms with E-state index in [2.05, 4.69) is 10.6 Å². The van der Waals surface area contributed by atoms with Crippen molar-refractivity contribution in [1.82, 2.24) is 5.32 Å². The Kier molecular flexibility index (Phi) is 4.41. The van der Waals surface area contributed by atoms with Crippen molar-refractivity contribution in [3.05, 3.63) is 24.3 Å². The molecule has 1 unspecified atom stereocenters. The lowest BCUT2D eigenvalue weighted by Gasteiger charge is -2.12. The van der Waals surface area contributed by atoms with Crippen molar-refractivity contribution in [3.8, 4) is 5.75 Å². The first kappa shape index (κ1) is 12.7. The zero-order chi connectivity index (χ0) is 12.8. The molecule has 1 aromatic carbocycles. The minimum Gasteiger partial charge on any atom is -0.494 e. The molecule has 1 atom stereocenters. The second kappa shape index (κ2) is 6.26. The average Bonchev–Trinajstić information content (AvgIpc) is 2.82. The van der Waals surface area contributed by atoms with Gasteiger partial charge in [0.25, 0.3) is 0 Å². The molecule has 5 heteroatoms. The first-order valence-electron chi connectivity index (χ1n) is 6.16. The molecule has 98 valence electrons. The second-order valence-electron chi connectivity index (χ2n) is 4.12. The molecule has 5 nitrogen and oxygen atoms in total. The highest BCUT2D eigenvalue weighted by molar-refractivity contribution is 5.89. The van der Waals surface area contributed by atoms with Crippen LogP contribution in [0.3, 0.4) is 0 Å². The SMILES string of the molecule is CCOc1cccc(NC(=O)NC2CCOC2)c1. The Labute approximate surface area is 106 Å². The largest absolute Gasteiger partial charge is 0.494 e. The predicted octanol–water partition coefficient (Wildman–Crippen LogP) is 2.00. The summed E-state index contributed by atoms with van der Waals surface area (Å²) in [5.74, 6) is 0.750. The molecule has 0 saturated carbocycles. The molecule has 0 bridgehead atoms. The summed E-state index contributed by atoms with van der Waals surface area (Å²) in [6.45, 7) is 3.83. The van der Waals surface area contributed by atoms with Crippen molar-refractivity contribution in [2.45, 2.75) is 19.4 Å².